The van der Waals surface area contributed by atoms with Crippen molar-refractivity contribution in [3.63, 3.8) is 0 Å². The van der Waals surface area contributed by atoms with Gasteiger partial charge in [-0.1, -0.05) is 23.7 Å². The van der Waals surface area contributed by atoms with Gasteiger partial charge in [-0.05, 0) is 56.2 Å². The summed E-state index contributed by atoms with van der Waals surface area (Å²) in [5, 5.41) is 0.202. The Bertz CT molecular complexity index is 1450. The molecule has 0 aliphatic carbocycles. The summed E-state index contributed by atoms with van der Waals surface area (Å²) in [6, 6.07) is 10.5. The summed E-state index contributed by atoms with van der Waals surface area (Å²) in [6.07, 6.45) is -3.25. The number of ether oxygens (including phenoxy) is 4. The van der Waals surface area contributed by atoms with Crippen molar-refractivity contribution >= 4 is 23.4 Å². The van der Waals surface area contributed by atoms with E-state index in [-0.39, 0.29) is 59.0 Å². The number of nitrogens with zero attached hydrogens (tertiary/aromatic N) is 1. The third-order valence-corrected chi connectivity index (χ3v) is 6.43. The predicted octanol–water partition coefficient (Wildman–Crippen LogP) is 6.07. The summed E-state index contributed by atoms with van der Waals surface area (Å²) >= 11 is 6.12. The standard InChI is InChI=1S/C30H31ClF3NO7/c1-18(2)41-12-11-24(25(36)13-19-5-7-20(8-6-19)29(38)40-4)35-16-27(39-3)23(15-28(35)37)22-14-21(31)9-10-26(22)42-17-30(32,33)34/h5-10,14-16,18,24H,11-13,17H2,1-4H3. The lowest BCUT2D eigenvalue weighted by Gasteiger charge is -2.22. The molecule has 3 rings (SSSR count). The number of carbonyl (C=O) groups is 2. The second-order valence-corrected chi connectivity index (χ2v) is 10.0. The summed E-state index contributed by atoms with van der Waals surface area (Å²) in [7, 11) is 2.60. The highest BCUT2D eigenvalue weighted by molar-refractivity contribution is 6.31. The van der Waals surface area contributed by atoms with Crippen molar-refractivity contribution in [1.29, 1.82) is 0 Å². The van der Waals surface area contributed by atoms with E-state index < -0.39 is 30.4 Å². The normalized spacial score (nSPS) is 12.2. The van der Waals surface area contributed by atoms with Gasteiger partial charge < -0.3 is 23.5 Å². The molecule has 0 radical (unpaired) electrons. The lowest BCUT2D eigenvalue weighted by atomic mass is 9.99. The largest absolute Gasteiger partial charge is 0.495 e. The van der Waals surface area contributed by atoms with E-state index in [9.17, 15) is 27.6 Å². The number of methoxy groups -OCH3 is 2. The minimum Gasteiger partial charge on any atom is -0.495 e. The number of hydrogen-bond donors (Lipinski definition) is 0. The summed E-state index contributed by atoms with van der Waals surface area (Å²) in [6.45, 7) is 2.31. The number of rotatable bonds is 13. The molecular formula is C30H31ClF3NO7. The van der Waals surface area contributed by atoms with Crippen LogP contribution < -0.4 is 15.0 Å². The van der Waals surface area contributed by atoms with Gasteiger partial charge in [0.2, 0.25) is 0 Å². The van der Waals surface area contributed by atoms with Crippen molar-refractivity contribution in [3.8, 4) is 22.6 Å². The number of benzene rings is 2. The molecule has 0 fully saturated rings. The predicted molar refractivity (Wildman–Crippen MR) is 150 cm³/mol. The van der Waals surface area contributed by atoms with E-state index in [2.05, 4.69) is 0 Å². The topological polar surface area (TPSA) is 93.1 Å². The van der Waals surface area contributed by atoms with Gasteiger partial charge in [0.05, 0.1) is 38.1 Å². The van der Waals surface area contributed by atoms with Gasteiger partial charge in [-0.3, -0.25) is 9.59 Å². The molecule has 0 N–H and O–H groups in total. The highest BCUT2D eigenvalue weighted by atomic mass is 35.5. The highest BCUT2D eigenvalue weighted by Crippen LogP contribution is 2.38. The van der Waals surface area contributed by atoms with Crippen molar-refractivity contribution in [2.24, 2.45) is 0 Å². The summed E-state index contributed by atoms with van der Waals surface area (Å²) in [4.78, 5) is 38.8. The van der Waals surface area contributed by atoms with Gasteiger partial charge in [0.25, 0.3) is 5.56 Å². The summed E-state index contributed by atoms with van der Waals surface area (Å²) < 4.78 is 60.7. The van der Waals surface area contributed by atoms with Gasteiger partial charge >= 0.3 is 12.1 Å². The SMILES string of the molecule is COC(=O)c1ccc(CC(=O)C(CCOC(C)C)n2cc(OC)c(-c3cc(Cl)ccc3OCC(F)(F)F)cc2=O)cc1. The van der Waals surface area contributed by atoms with Crippen LogP contribution in [0.5, 0.6) is 11.5 Å². The van der Waals surface area contributed by atoms with Gasteiger partial charge in [0.1, 0.15) is 11.5 Å². The number of halogens is 4. The van der Waals surface area contributed by atoms with Crippen LogP contribution in [0.15, 0.2) is 59.5 Å². The number of carbonyl (C=O) groups excluding carboxylic acids is 2. The zero-order valence-electron chi connectivity index (χ0n) is 23.5. The lowest BCUT2D eigenvalue weighted by Crippen LogP contribution is -2.31. The van der Waals surface area contributed by atoms with E-state index in [1.807, 2.05) is 13.8 Å². The quantitative estimate of drug-likeness (QED) is 0.217. The average Bonchev–Trinajstić information content (AvgIpc) is 2.94. The Kier molecular flexibility index (Phi) is 11.2. The molecule has 1 heterocycles. The van der Waals surface area contributed by atoms with Gasteiger partial charge in [-0.2, -0.15) is 13.2 Å². The molecule has 3 aromatic rings. The second kappa shape index (κ2) is 14.4. The van der Waals surface area contributed by atoms with E-state index in [4.69, 9.17) is 30.5 Å². The molecule has 226 valence electrons. The van der Waals surface area contributed by atoms with Crippen LogP contribution in [0.4, 0.5) is 13.2 Å². The second-order valence-electron chi connectivity index (χ2n) is 9.60. The Morgan fingerprint density at radius 1 is 0.976 bits per heavy atom. The van der Waals surface area contributed by atoms with E-state index in [0.717, 1.165) is 0 Å². The van der Waals surface area contributed by atoms with Crippen molar-refractivity contribution in [1.82, 2.24) is 4.57 Å². The molecule has 0 bridgehead atoms. The van der Waals surface area contributed by atoms with E-state index >= 15 is 0 Å². The number of pyridine rings is 1. The maximum atomic E-state index is 13.6. The zero-order chi connectivity index (χ0) is 31.0. The number of ketones is 1. The maximum absolute atomic E-state index is 13.6. The fourth-order valence-electron chi connectivity index (χ4n) is 4.21. The molecule has 0 amide bonds. The third kappa shape index (κ3) is 8.83. The molecule has 1 unspecified atom stereocenters. The van der Waals surface area contributed by atoms with Crippen LogP contribution in [0.25, 0.3) is 11.1 Å². The van der Waals surface area contributed by atoms with Crippen molar-refractivity contribution in [2.75, 3.05) is 27.4 Å². The van der Waals surface area contributed by atoms with Gasteiger partial charge in [-0.25, -0.2) is 4.79 Å². The average molecular weight is 610 g/mol. The molecule has 0 aliphatic heterocycles. The van der Waals surface area contributed by atoms with Gasteiger partial charge in [-0.15, -0.1) is 0 Å². The van der Waals surface area contributed by atoms with Crippen LogP contribution in [0, 0.1) is 0 Å². The first-order valence-electron chi connectivity index (χ1n) is 12.9. The zero-order valence-corrected chi connectivity index (χ0v) is 24.3. The van der Waals surface area contributed by atoms with Crippen LogP contribution in [0.2, 0.25) is 5.02 Å². The van der Waals surface area contributed by atoms with Crippen LogP contribution in [0.1, 0.15) is 42.2 Å². The molecule has 12 heteroatoms. The summed E-state index contributed by atoms with van der Waals surface area (Å²) in [5.41, 5.74) is 0.596. The van der Waals surface area contributed by atoms with E-state index in [0.29, 0.717) is 11.1 Å². The number of Topliss-reactive ketones (excluding diaryl/α,β-unsaturated/α-hetero) is 1. The van der Waals surface area contributed by atoms with Crippen molar-refractivity contribution in [2.45, 2.75) is 45.0 Å². The minimum atomic E-state index is -4.59. The van der Waals surface area contributed by atoms with Crippen molar-refractivity contribution < 1.29 is 41.7 Å². The molecule has 0 saturated carbocycles. The first-order chi connectivity index (χ1) is 19.8. The first-order valence-corrected chi connectivity index (χ1v) is 13.3. The molecule has 8 nitrogen and oxygen atoms in total. The number of hydrogen-bond acceptors (Lipinski definition) is 7. The highest BCUT2D eigenvalue weighted by Gasteiger charge is 2.30. The van der Waals surface area contributed by atoms with Gasteiger partial charge in [0, 0.05) is 35.2 Å². The number of aromatic nitrogens is 1. The van der Waals surface area contributed by atoms with E-state index in [1.54, 1.807) is 24.3 Å². The Morgan fingerprint density at radius 2 is 1.64 bits per heavy atom. The summed E-state index contributed by atoms with van der Waals surface area (Å²) in [5.74, 6) is -0.858. The van der Waals surface area contributed by atoms with E-state index in [1.165, 1.54) is 49.2 Å². The lowest BCUT2D eigenvalue weighted by molar-refractivity contribution is -0.153. The number of esters is 1. The van der Waals surface area contributed by atoms with Crippen molar-refractivity contribution in [3.05, 3.63) is 81.2 Å². The molecular weight excluding hydrogens is 579 g/mol. The first kappa shape index (κ1) is 32.7. The fraction of sp³-hybridized carbons (Fsp3) is 0.367. The molecule has 42 heavy (non-hydrogen) atoms. The maximum Gasteiger partial charge on any atom is 0.422 e. The molecule has 1 atom stereocenters. The van der Waals surface area contributed by atoms with Crippen LogP contribution in [0.3, 0.4) is 0 Å². The molecule has 1 aromatic heterocycles. The Morgan fingerprint density at radius 3 is 2.24 bits per heavy atom. The molecule has 0 saturated heterocycles. The van der Waals surface area contributed by atoms with Crippen LogP contribution in [-0.4, -0.2) is 56.0 Å². The number of alkyl halides is 3. The smallest absolute Gasteiger partial charge is 0.422 e. The van der Waals surface area contributed by atoms with Crippen LogP contribution in [-0.2, 0) is 20.7 Å². The Hall–Kier alpha value is -3.83. The van der Waals surface area contributed by atoms with Gasteiger partial charge in [0.15, 0.2) is 12.4 Å². The van der Waals surface area contributed by atoms with Crippen LogP contribution >= 0.6 is 11.6 Å². The fourth-order valence-corrected chi connectivity index (χ4v) is 4.38. The Balaban J connectivity index is 2.01. The molecule has 0 aliphatic rings. The monoisotopic (exact) mass is 609 g/mol. The Labute approximate surface area is 245 Å². The molecule has 2 aromatic carbocycles. The third-order valence-electron chi connectivity index (χ3n) is 6.19. The minimum absolute atomic E-state index is 0.0476. The molecule has 0 spiro atoms.